The van der Waals surface area contributed by atoms with E-state index < -0.39 is 0 Å². The van der Waals surface area contributed by atoms with Crippen LogP contribution in [0.25, 0.3) is 0 Å². The first-order chi connectivity index (χ1) is 9.11. The molecule has 0 atom stereocenters. The van der Waals surface area contributed by atoms with Crippen LogP contribution >= 0.6 is 23.2 Å². The number of nitrogens with two attached hydrogens (primary N) is 2. The van der Waals surface area contributed by atoms with Crippen LogP contribution in [-0.4, -0.2) is 44.4 Å². The molecule has 0 heterocycles. The molecule has 19 heavy (non-hydrogen) atoms. The molecule has 5 nitrogen and oxygen atoms in total. The third-order valence-electron chi connectivity index (χ3n) is 2.03. The highest BCUT2D eigenvalue weighted by molar-refractivity contribution is 6.34. The average molecular weight is 309 g/mol. The van der Waals surface area contributed by atoms with Gasteiger partial charge in [-0.1, -0.05) is 23.2 Å². The molecule has 0 amide bonds. The van der Waals surface area contributed by atoms with Crippen LogP contribution < -0.4 is 22.1 Å². The summed E-state index contributed by atoms with van der Waals surface area (Å²) in [5.74, 6) is 0.0177. The Hall–Kier alpha value is -0.560. The van der Waals surface area contributed by atoms with Crippen molar-refractivity contribution >= 4 is 23.2 Å². The fourth-order valence-corrected chi connectivity index (χ4v) is 1.40. The second kappa shape index (κ2) is 12.5. The van der Waals surface area contributed by atoms with Gasteiger partial charge in [0.25, 0.3) is 0 Å². The fraction of sp³-hybridized carbons (Fsp3) is 0.500. The summed E-state index contributed by atoms with van der Waals surface area (Å²) < 4.78 is 0. The van der Waals surface area contributed by atoms with Crippen LogP contribution in [0.1, 0.15) is 0 Å². The molecule has 0 bridgehead atoms. The summed E-state index contributed by atoms with van der Waals surface area (Å²) in [6, 6.07) is 4.55. The molecule has 0 radical (unpaired) electrons. The predicted octanol–water partition coefficient (Wildman–Crippen LogP) is 0.782. The number of nitrogens with one attached hydrogen (secondary N) is 2. The highest BCUT2D eigenvalue weighted by Gasteiger charge is 1.95. The van der Waals surface area contributed by atoms with Crippen LogP contribution in [0.5, 0.6) is 5.75 Å². The Kier molecular flexibility index (Phi) is 12.1. The molecule has 7 heteroatoms. The molecule has 1 aromatic carbocycles. The van der Waals surface area contributed by atoms with E-state index in [2.05, 4.69) is 10.6 Å². The zero-order valence-electron chi connectivity index (χ0n) is 10.8. The smallest absolute Gasteiger partial charge is 0.135 e. The van der Waals surface area contributed by atoms with Crippen molar-refractivity contribution in [2.45, 2.75) is 0 Å². The summed E-state index contributed by atoms with van der Waals surface area (Å²) in [5, 5.41) is 16.0. The van der Waals surface area contributed by atoms with Gasteiger partial charge in [0, 0.05) is 50.4 Å². The largest absolute Gasteiger partial charge is 0.506 e. The molecule has 0 spiro atoms. The van der Waals surface area contributed by atoms with Crippen molar-refractivity contribution in [2.75, 3.05) is 39.3 Å². The van der Waals surface area contributed by atoms with Crippen molar-refractivity contribution in [3.63, 3.8) is 0 Å². The van der Waals surface area contributed by atoms with Gasteiger partial charge in [0.15, 0.2) is 0 Å². The maximum atomic E-state index is 8.88. The van der Waals surface area contributed by atoms with E-state index in [0.717, 1.165) is 26.2 Å². The van der Waals surface area contributed by atoms with Crippen LogP contribution in [0.4, 0.5) is 0 Å². The van der Waals surface area contributed by atoms with Gasteiger partial charge in [-0.25, -0.2) is 0 Å². The third kappa shape index (κ3) is 11.0. The molecule has 0 aliphatic heterocycles. The van der Waals surface area contributed by atoms with E-state index in [0.29, 0.717) is 23.1 Å². The van der Waals surface area contributed by atoms with Crippen molar-refractivity contribution in [3.05, 3.63) is 28.2 Å². The number of hydrogen-bond acceptors (Lipinski definition) is 5. The number of hydrogen-bond donors (Lipinski definition) is 5. The Morgan fingerprint density at radius 3 is 1.84 bits per heavy atom. The Morgan fingerprint density at radius 2 is 1.47 bits per heavy atom. The highest BCUT2D eigenvalue weighted by atomic mass is 35.5. The topological polar surface area (TPSA) is 96.3 Å². The van der Waals surface area contributed by atoms with Gasteiger partial charge in [0.1, 0.15) is 5.75 Å². The molecule has 0 unspecified atom stereocenters. The van der Waals surface area contributed by atoms with E-state index >= 15 is 0 Å². The highest BCUT2D eigenvalue weighted by Crippen LogP contribution is 2.25. The van der Waals surface area contributed by atoms with Gasteiger partial charge >= 0.3 is 0 Å². The number of rotatable bonds is 7. The van der Waals surface area contributed by atoms with Gasteiger partial charge in [-0.05, 0) is 12.1 Å². The van der Waals surface area contributed by atoms with Crippen LogP contribution in [0.15, 0.2) is 18.2 Å². The summed E-state index contributed by atoms with van der Waals surface area (Å²) in [4.78, 5) is 0. The van der Waals surface area contributed by atoms with Gasteiger partial charge in [-0.2, -0.15) is 0 Å². The molecule has 0 aromatic heterocycles. The summed E-state index contributed by atoms with van der Waals surface area (Å²) in [6.45, 7) is 5.14. The number of phenolic OH excluding ortho intramolecular Hbond substituents is 1. The molecule has 7 N–H and O–H groups in total. The Morgan fingerprint density at radius 1 is 0.947 bits per heavy atom. The lowest BCUT2D eigenvalue weighted by Crippen LogP contribution is -2.32. The van der Waals surface area contributed by atoms with E-state index in [9.17, 15) is 0 Å². The standard InChI is InChI=1S/C6H4Cl2O.C6H18N4/c7-4-1-2-5(8)6(9)3-4;7-1-3-9-5-6-10-4-2-8/h1-3,9H;9-10H,1-8H2. The number of phenols is 1. The van der Waals surface area contributed by atoms with Crippen molar-refractivity contribution in [1.29, 1.82) is 0 Å². The minimum Gasteiger partial charge on any atom is -0.506 e. The summed E-state index contributed by atoms with van der Waals surface area (Å²) >= 11 is 11.0. The van der Waals surface area contributed by atoms with Crippen LogP contribution in [0, 0.1) is 0 Å². The third-order valence-corrected chi connectivity index (χ3v) is 2.58. The molecule has 0 saturated carbocycles. The zero-order valence-corrected chi connectivity index (χ0v) is 12.3. The van der Waals surface area contributed by atoms with Crippen molar-refractivity contribution in [2.24, 2.45) is 11.5 Å². The van der Waals surface area contributed by atoms with Crippen LogP contribution in [0.2, 0.25) is 10.0 Å². The molecule has 0 fully saturated rings. The average Bonchev–Trinajstić information content (AvgIpc) is 2.39. The zero-order chi connectivity index (χ0) is 14.5. The monoisotopic (exact) mass is 308 g/mol. The number of halogens is 2. The van der Waals surface area contributed by atoms with E-state index in [1.807, 2.05) is 0 Å². The van der Waals surface area contributed by atoms with Gasteiger partial charge in [0.2, 0.25) is 0 Å². The fourth-order valence-electron chi connectivity index (χ4n) is 1.12. The van der Waals surface area contributed by atoms with Gasteiger partial charge in [0.05, 0.1) is 5.02 Å². The van der Waals surface area contributed by atoms with Crippen LogP contribution in [-0.2, 0) is 0 Å². The molecule has 1 rings (SSSR count). The first-order valence-corrected chi connectivity index (χ1v) is 6.83. The summed E-state index contributed by atoms with van der Waals surface area (Å²) in [7, 11) is 0. The molecule has 0 aliphatic carbocycles. The van der Waals surface area contributed by atoms with Crippen molar-refractivity contribution < 1.29 is 5.11 Å². The molecule has 1 aromatic rings. The Balaban J connectivity index is 0.000000342. The maximum absolute atomic E-state index is 8.88. The molecular formula is C12H22Cl2N4O. The second-order valence-corrected chi connectivity index (χ2v) is 4.52. The quantitative estimate of drug-likeness (QED) is 0.480. The normalized spacial score (nSPS) is 9.89. The summed E-state index contributed by atoms with van der Waals surface area (Å²) in [5.41, 5.74) is 10.5. The van der Waals surface area contributed by atoms with Gasteiger partial charge < -0.3 is 27.2 Å². The molecule has 0 aliphatic rings. The van der Waals surface area contributed by atoms with Crippen molar-refractivity contribution in [1.82, 2.24) is 10.6 Å². The van der Waals surface area contributed by atoms with Gasteiger partial charge in [-0.15, -0.1) is 0 Å². The molecule has 110 valence electrons. The lowest BCUT2D eigenvalue weighted by atomic mass is 10.3. The van der Waals surface area contributed by atoms with Crippen molar-refractivity contribution in [3.8, 4) is 5.75 Å². The Labute approximate surface area is 124 Å². The lowest BCUT2D eigenvalue weighted by molar-refractivity contribution is 0.475. The second-order valence-electron chi connectivity index (χ2n) is 3.67. The van der Waals surface area contributed by atoms with E-state index in [-0.39, 0.29) is 5.75 Å². The number of aromatic hydroxyl groups is 1. The van der Waals surface area contributed by atoms with E-state index in [1.165, 1.54) is 6.07 Å². The summed E-state index contributed by atoms with van der Waals surface area (Å²) in [6.07, 6.45) is 0. The minimum absolute atomic E-state index is 0.0177. The lowest BCUT2D eigenvalue weighted by Gasteiger charge is -2.03. The molecule has 0 saturated heterocycles. The maximum Gasteiger partial charge on any atom is 0.135 e. The Bertz CT molecular complexity index is 332. The van der Waals surface area contributed by atoms with E-state index in [1.54, 1.807) is 12.1 Å². The molecular weight excluding hydrogens is 287 g/mol. The minimum atomic E-state index is 0.0177. The predicted molar refractivity (Wildman–Crippen MR) is 82.0 cm³/mol. The van der Waals surface area contributed by atoms with E-state index in [4.69, 9.17) is 39.8 Å². The van der Waals surface area contributed by atoms with Crippen LogP contribution in [0.3, 0.4) is 0 Å². The number of benzene rings is 1. The first kappa shape index (κ1) is 18.4. The SMILES string of the molecule is NCCNCCNCCN.Oc1cc(Cl)ccc1Cl. The van der Waals surface area contributed by atoms with Gasteiger partial charge in [-0.3, -0.25) is 0 Å². The first-order valence-electron chi connectivity index (χ1n) is 6.07.